The van der Waals surface area contributed by atoms with Gasteiger partial charge in [-0.2, -0.15) is 9.36 Å². The number of aromatic hydroxyl groups is 1. The van der Waals surface area contributed by atoms with Crippen molar-refractivity contribution in [2.45, 2.75) is 19.8 Å². The standard InChI is InChI=1S/C11H12N2O2S/c1-7(2)10-12-11(16-13-10)15-9-5-3-4-8(14)6-9/h3-7,14H,1-2H3. The van der Waals surface area contributed by atoms with E-state index in [4.69, 9.17) is 4.74 Å². The monoisotopic (exact) mass is 236 g/mol. The largest absolute Gasteiger partial charge is 0.508 e. The zero-order valence-electron chi connectivity index (χ0n) is 9.04. The van der Waals surface area contributed by atoms with Gasteiger partial charge in [0.1, 0.15) is 17.3 Å². The van der Waals surface area contributed by atoms with E-state index in [-0.39, 0.29) is 11.7 Å². The molecule has 0 spiro atoms. The Labute approximate surface area is 97.7 Å². The Bertz CT molecular complexity index is 482. The maximum atomic E-state index is 9.27. The van der Waals surface area contributed by atoms with Gasteiger partial charge >= 0.3 is 0 Å². The molecule has 1 aromatic heterocycles. The molecule has 0 aliphatic rings. The Kier molecular flexibility index (Phi) is 3.05. The first-order valence-corrected chi connectivity index (χ1v) is 5.73. The summed E-state index contributed by atoms with van der Waals surface area (Å²) >= 11 is 1.21. The molecule has 0 atom stereocenters. The minimum atomic E-state index is 0.172. The third-order valence-corrected chi connectivity index (χ3v) is 2.57. The molecule has 0 bridgehead atoms. The Balaban J connectivity index is 2.14. The number of phenolic OH excluding ortho intramolecular Hbond substituents is 1. The summed E-state index contributed by atoms with van der Waals surface area (Å²) in [6, 6.07) is 6.61. The number of benzene rings is 1. The molecule has 1 heterocycles. The lowest BCUT2D eigenvalue weighted by Crippen LogP contribution is -1.89. The van der Waals surface area contributed by atoms with Crippen molar-refractivity contribution >= 4 is 11.5 Å². The van der Waals surface area contributed by atoms with E-state index in [2.05, 4.69) is 9.36 Å². The molecule has 0 amide bonds. The van der Waals surface area contributed by atoms with E-state index in [1.54, 1.807) is 18.2 Å². The minimum Gasteiger partial charge on any atom is -0.508 e. The van der Waals surface area contributed by atoms with Crippen molar-refractivity contribution in [1.82, 2.24) is 9.36 Å². The molecule has 2 rings (SSSR count). The topological polar surface area (TPSA) is 55.2 Å². The van der Waals surface area contributed by atoms with Crippen molar-refractivity contribution in [3.05, 3.63) is 30.1 Å². The van der Waals surface area contributed by atoms with E-state index in [1.165, 1.54) is 17.6 Å². The Hall–Kier alpha value is -1.62. The maximum Gasteiger partial charge on any atom is 0.298 e. The summed E-state index contributed by atoms with van der Waals surface area (Å²) in [5, 5.41) is 9.77. The van der Waals surface area contributed by atoms with Crippen molar-refractivity contribution in [2.75, 3.05) is 0 Å². The lowest BCUT2D eigenvalue weighted by atomic mass is 10.2. The van der Waals surface area contributed by atoms with Crippen molar-refractivity contribution in [3.63, 3.8) is 0 Å². The van der Waals surface area contributed by atoms with Crippen molar-refractivity contribution in [3.8, 4) is 16.7 Å². The number of hydrogen-bond donors (Lipinski definition) is 1. The van der Waals surface area contributed by atoms with Crippen LogP contribution in [0.3, 0.4) is 0 Å². The van der Waals surface area contributed by atoms with Gasteiger partial charge in [-0.3, -0.25) is 0 Å². The molecule has 16 heavy (non-hydrogen) atoms. The summed E-state index contributed by atoms with van der Waals surface area (Å²) in [5.41, 5.74) is 0. The molecule has 4 nitrogen and oxygen atoms in total. The van der Waals surface area contributed by atoms with E-state index in [0.717, 1.165) is 5.82 Å². The second kappa shape index (κ2) is 4.49. The summed E-state index contributed by atoms with van der Waals surface area (Å²) in [6.07, 6.45) is 0. The van der Waals surface area contributed by atoms with Crippen molar-refractivity contribution < 1.29 is 9.84 Å². The van der Waals surface area contributed by atoms with Crippen LogP contribution >= 0.6 is 11.5 Å². The maximum absolute atomic E-state index is 9.27. The summed E-state index contributed by atoms with van der Waals surface area (Å²) in [4.78, 5) is 4.24. The Morgan fingerprint density at radius 3 is 2.81 bits per heavy atom. The van der Waals surface area contributed by atoms with Crippen LogP contribution in [0.15, 0.2) is 24.3 Å². The molecule has 0 unspecified atom stereocenters. The zero-order valence-corrected chi connectivity index (χ0v) is 9.86. The molecule has 0 aliphatic heterocycles. The Morgan fingerprint density at radius 2 is 2.19 bits per heavy atom. The number of hydrogen-bond acceptors (Lipinski definition) is 5. The van der Waals surface area contributed by atoms with Gasteiger partial charge in [0, 0.05) is 23.5 Å². The fourth-order valence-electron chi connectivity index (χ4n) is 1.14. The van der Waals surface area contributed by atoms with E-state index in [9.17, 15) is 5.11 Å². The lowest BCUT2D eigenvalue weighted by Gasteiger charge is -2.00. The van der Waals surface area contributed by atoms with Gasteiger partial charge in [0.05, 0.1) is 0 Å². The van der Waals surface area contributed by atoms with Gasteiger partial charge in [-0.1, -0.05) is 19.9 Å². The lowest BCUT2D eigenvalue weighted by molar-refractivity contribution is 0.452. The molecule has 0 fully saturated rings. The second-order valence-corrected chi connectivity index (χ2v) is 4.39. The van der Waals surface area contributed by atoms with Crippen molar-refractivity contribution in [1.29, 1.82) is 0 Å². The number of nitrogens with zero attached hydrogens (tertiary/aromatic N) is 2. The predicted molar refractivity (Wildman–Crippen MR) is 62.2 cm³/mol. The van der Waals surface area contributed by atoms with Gasteiger partial charge in [-0.05, 0) is 12.1 Å². The van der Waals surface area contributed by atoms with Gasteiger partial charge < -0.3 is 9.84 Å². The number of rotatable bonds is 3. The average molecular weight is 236 g/mol. The van der Waals surface area contributed by atoms with Gasteiger partial charge in [-0.25, -0.2) is 0 Å². The normalized spacial score (nSPS) is 10.7. The number of phenols is 1. The van der Waals surface area contributed by atoms with Crippen LogP contribution in [0.2, 0.25) is 0 Å². The quantitative estimate of drug-likeness (QED) is 0.889. The van der Waals surface area contributed by atoms with Gasteiger partial charge in [0.15, 0.2) is 0 Å². The molecule has 1 aromatic carbocycles. The first-order valence-electron chi connectivity index (χ1n) is 4.95. The minimum absolute atomic E-state index is 0.172. The van der Waals surface area contributed by atoms with Crippen LogP contribution in [0, 0.1) is 0 Å². The molecule has 0 saturated heterocycles. The SMILES string of the molecule is CC(C)c1nsc(Oc2cccc(O)c2)n1. The van der Waals surface area contributed by atoms with Crippen LogP contribution in [-0.2, 0) is 0 Å². The van der Waals surface area contributed by atoms with E-state index >= 15 is 0 Å². The highest BCUT2D eigenvalue weighted by molar-refractivity contribution is 7.07. The molecule has 2 aromatic rings. The van der Waals surface area contributed by atoms with Crippen LogP contribution < -0.4 is 4.74 Å². The fourth-order valence-corrected chi connectivity index (χ4v) is 1.84. The summed E-state index contributed by atoms with van der Waals surface area (Å²) in [6.45, 7) is 4.06. The molecular weight excluding hydrogens is 224 g/mol. The smallest absolute Gasteiger partial charge is 0.298 e. The average Bonchev–Trinajstić information content (AvgIpc) is 2.66. The second-order valence-electron chi connectivity index (χ2n) is 3.67. The van der Waals surface area contributed by atoms with Gasteiger partial charge in [0.25, 0.3) is 5.19 Å². The van der Waals surface area contributed by atoms with Gasteiger partial charge in [0.2, 0.25) is 0 Å². The molecular formula is C11H12N2O2S. The highest BCUT2D eigenvalue weighted by Crippen LogP contribution is 2.27. The third kappa shape index (κ3) is 2.49. The predicted octanol–water partition coefficient (Wildman–Crippen LogP) is 3.16. The van der Waals surface area contributed by atoms with Crippen LogP contribution in [-0.4, -0.2) is 14.5 Å². The van der Waals surface area contributed by atoms with E-state index in [1.807, 2.05) is 13.8 Å². The highest BCUT2D eigenvalue weighted by Gasteiger charge is 2.09. The van der Waals surface area contributed by atoms with Crippen molar-refractivity contribution in [2.24, 2.45) is 0 Å². The molecule has 84 valence electrons. The van der Waals surface area contributed by atoms with E-state index in [0.29, 0.717) is 10.9 Å². The number of aromatic nitrogens is 2. The molecule has 0 radical (unpaired) electrons. The van der Waals surface area contributed by atoms with Gasteiger partial charge in [-0.15, -0.1) is 0 Å². The molecule has 0 aliphatic carbocycles. The van der Waals surface area contributed by atoms with Crippen LogP contribution in [0.5, 0.6) is 16.7 Å². The molecule has 1 N–H and O–H groups in total. The third-order valence-electron chi connectivity index (χ3n) is 1.96. The fraction of sp³-hybridized carbons (Fsp3) is 0.273. The van der Waals surface area contributed by atoms with Crippen LogP contribution in [0.1, 0.15) is 25.6 Å². The zero-order chi connectivity index (χ0) is 11.5. The molecule has 0 saturated carbocycles. The van der Waals surface area contributed by atoms with Crippen LogP contribution in [0.4, 0.5) is 0 Å². The number of ether oxygens (including phenoxy) is 1. The first-order chi connectivity index (χ1) is 7.65. The first kappa shape index (κ1) is 10.9. The van der Waals surface area contributed by atoms with Crippen LogP contribution in [0.25, 0.3) is 0 Å². The summed E-state index contributed by atoms with van der Waals surface area (Å²) in [7, 11) is 0. The molecule has 5 heteroatoms. The summed E-state index contributed by atoms with van der Waals surface area (Å²) < 4.78 is 9.65. The highest BCUT2D eigenvalue weighted by atomic mass is 32.1. The van der Waals surface area contributed by atoms with E-state index < -0.39 is 0 Å². The summed E-state index contributed by atoms with van der Waals surface area (Å²) in [5.74, 6) is 1.80. The Morgan fingerprint density at radius 1 is 1.38 bits per heavy atom.